The van der Waals surface area contributed by atoms with Gasteiger partial charge in [0.15, 0.2) is 0 Å². The lowest BCUT2D eigenvalue weighted by molar-refractivity contribution is -0.139. The fourth-order valence-electron chi connectivity index (χ4n) is 4.35. The molecule has 1 aliphatic heterocycles. The fourth-order valence-corrected chi connectivity index (χ4v) is 4.35. The molecule has 6 nitrogen and oxygen atoms in total. The van der Waals surface area contributed by atoms with E-state index in [4.69, 9.17) is 0 Å². The van der Waals surface area contributed by atoms with Crippen molar-refractivity contribution in [3.05, 3.63) is 106 Å². The summed E-state index contributed by atoms with van der Waals surface area (Å²) < 4.78 is 55.8. The second-order valence-corrected chi connectivity index (χ2v) is 8.60. The third-order valence-electron chi connectivity index (χ3n) is 6.15. The van der Waals surface area contributed by atoms with Crippen molar-refractivity contribution in [3.8, 4) is 16.8 Å². The summed E-state index contributed by atoms with van der Waals surface area (Å²) in [7, 11) is 0. The Morgan fingerprint density at radius 1 is 0.972 bits per heavy atom. The van der Waals surface area contributed by atoms with Crippen LogP contribution in [0.1, 0.15) is 27.3 Å². The molecule has 0 radical (unpaired) electrons. The van der Waals surface area contributed by atoms with Crippen LogP contribution >= 0.6 is 0 Å². The molecule has 4 aromatic rings. The van der Waals surface area contributed by atoms with Crippen LogP contribution < -0.4 is 5.56 Å². The molecule has 10 heteroatoms. The number of hydrogen-bond donors (Lipinski definition) is 0. The number of nitrogens with zero attached hydrogens (tertiary/aromatic N) is 4. The summed E-state index contributed by atoms with van der Waals surface area (Å²) in [6, 6.07) is 12.9. The predicted octanol–water partition coefficient (Wildman–Crippen LogP) is 4.82. The van der Waals surface area contributed by atoms with E-state index >= 15 is 0 Å². The molecule has 0 atom stereocenters. The summed E-state index contributed by atoms with van der Waals surface area (Å²) >= 11 is 0. The molecule has 0 spiro atoms. The van der Waals surface area contributed by atoms with E-state index in [9.17, 15) is 27.2 Å². The Morgan fingerprint density at radius 2 is 1.75 bits per heavy atom. The van der Waals surface area contributed by atoms with Crippen LogP contribution in [0.15, 0.2) is 71.9 Å². The summed E-state index contributed by atoms with van der Waals surface area (Å²) in [5, 5.41) is 0. The third kappa shape index (κ3) is 4.30. The Bertz CT molecular complexity index is 1540. The second kappa shape index (κ2) is 8.78. The van der Waals surface area contributed by atoms with Crippen molar-refractivity contribution >= 4 is 5.91 Å². The Balaban J connectivity index is 1.38. The monoisotopic (exact) mass is 496 g/mol. The highest BCUT2D eigenvalue weighted by molar-refractivity contribution is 5.93. The van der Waals surface area contributed by atoms with Crippen molar-refractivity contribution in [2.75, 3.05) is 6.54 Å². The molecule has 36 heavy (non-hydrogen) atoms. The van der Waals surface area contributed by atoms with Crippen molar-refractivity contribution in [1.29, 1.82) is 0 Å². The standard InChI is InChI=1S/C26H20F4N4O2/c1-16-13-33(15-31-16)22-7-8-23-24(35)32(9-10-34(23)25(22)36)14-17-3-2-4-18(11-17)19-5-6-20(21(27)12-19)26(28,29)30/h2-8,11-13,15H,9-10,14H2,1H3. The lowest BCUT2D eigenvalue weighted by atomic mass is 10.0. The molecule has 0 N–H and O–H groups in total. The Labute approximate surface area is 203 Å². The van der Waals surface area contributed by atoms with Gasteiger partial charge in [-0.3, -0.25) is 9.59 Å². The van der Waals surface area contributed by atoms with E-state index in [0.29, 0.717) is 29.9 Å². The lowest BCUT2D eigenvalue weighted by Crippen LogP contribution is -2.44. The molecule has 2 aromatic carbocycles. The number of rotatable bonds is 4. The quantitative estimate of drug-likeness (QED) is 0.381. The number of carbonyl (C=O) groups is 1. The number of amides is 1. The van der Waals surface area contributed by atoms with E-state index in [-0.39, 0.29) is 23.7 Å². The number of fused-ring (bicyclic) bond motifs is 1. The van der Waals surface area contributed by atoms with Gasteiger partial charge < -0.3 is 14.0 Å². The Kier molecular flexibility index (Phi) is 5.74. The van der Waals surface area contributed by atoms with Crippen LogP contribution in [0.2, 0.25) is 0 Å². The summed E-state index contributed by atoms with van der Waals surface area (Å²) in [6.45, 7) is 2.66. The minimum absolute atomic E-state index is 0.229. The first-order valence-electron chi connectivity index (χ1n) is 11.1. The third-order valence-corrected chi connectivity index (χ3v) is 6.15. The van der Waals surface area contributed by atoms with E-state index in [1.807, 2.05) is 6.92 Å². The van der Waals surface area contributed by atoms with Crippen molar-refractivity contribution < 1.29 is 22.4 Å². The zero-order valence-electron chi connectivity index (χ0n) is 19.1. The smallest absolute Gasteiger partial charge is 0.331 e. The summed E-state index contributed by atoms with van der Waals surface area (Å²) in [4.78, 5) is 31.9. The minimum atomic E-state index is -4.77. The number of aromatic nitrogens is 3. The fraction of sp³-hybridized carbons (Fsp3) is 0.192. The van der Waals surface area contributed by atoms with Gasteiger partial charge in [-0.25, -0.2) is 9.37 Å². The number of hydrogen-bond acceptors (Lipinski definition) is 3. The summed E-state index contributed by atoms with van der Waals surface area (Å²) in [5.41, 5.74) is 1.38. The SMILES string of the molecule is Cc1cn(-c2ccc3n(c2=O)CCN(Cc2cccc(-c4ccc(C(F)(F)F)c(F)c4)c2)C3=O)cn1. The first-order chi connectivity index (χ1) is 17.1. The van der Waals surface area contributed by atoms with Crippen LogP contribution in [-0.2, 0) is 19.3 Å². The zero-order chi connectivity index (χ0) is 25.6. The van der Waals surface area contributed by atoms with Gasteiger partial charge in [0.25, 0.3) is 11.5 Å². The number of halogens is 4. The number of benzene rings is 2. The first-order valence-corrected chi connectivity index (χ1v) is 11.1. The van der Waals surface area contributed by atoms with Gasteiger partial charge in [0.05, 0.1) is 17.6 Å². The highest BCUT2D eigenvalue weighted by atomic mass is 19.4. The van der Waals surface area contributed by atoms with Gasteiger partial charge in [0, 0.05) is 25.8 Å². The number of imidazole rings is 1. The normalized spacial score (nSPS) is 13.7. The van der Waals surface area contributed by atoms with Crippen molar-refractivity contribution in [2.24, 2.45) is 0 Å². The zero-order valence-corrected chi connectivity index (χ0v) is 19.1. The number of carbonyl (C=O) groups excluding carboxylic acids is 1. The molecule has 3 heterocycles. The average Bonchev–Trinajstić information content (AvgIpc) is 3.26. The molecular weight excluding hydrogens is 476 g/mol. The van der Waals surface area contributed by atoms with Crippen molar-refractivity contribution in [3.63, 3.8) is 0 Å². The molecule has 0 saturated heterocycles. The predicted molar refractivity (Wildman–Crippen MR) is 124 cm³/mol. The van der Waals surface area contributed by atoms with Gasteiger partial charge in [-0.1, -0.05) is 24.3 Å². The molecule has 0 fully saturated rings. The number of alkyl halides is 3. The summed E-state index contributed by atoms with van der Waals surface area (Å²) in [5.74, 6) is -1.65. The minimum Gasteiger partial charge on any atom is -0.331 e. The summed E-state index contributed by atoms with van der Waals surface area (Å²) in [6.07, 6.45) is -1.49. The van der Waals surface area contributed by atoms with Gasteiger partial charge >= 0.3 is 6.18 Å². The Morgan fingerprint density at radius 3 is 2.44 bits per heavy atom. The van der Waals surface area contributed by atoms with E-state index in [0.717, 1.165) is 23.4 Å². The maximum atomic E-state index is 14.1. The van der Waals surface area contributed by atoms with Crippen LogP contribution in [0.25, 0.3) is 16.8 Å². The first kappa shape index (κ1) is 23.5. The molecule has 0 unspecified atom stereocenters. The molecule has 184 valence electrons. The number of pyridine rings is 1. The van der Waals surface area contributed by atoms with Gasteiger partial charge in [-0.2, -0.15) is 13.2 Å². The van der Waals surface area contributed by atoms with Crippen molar-refractivity contribution in [1.82, 2.24) is 19.0 Å². The van der Waals surface area contributed by atoms with Gasteiger partial charge in [-0.15, -0.1) is 0 Å². The van der Waals surface area contributed by atoms with Gasteiger partial charge in [-0.05, 0) is 53.9 Å². The molecule has 2 aromatic heterocycles. The highest BCUT2D eigenvalue weighted by Crippen LogP contribution is 2.33. The maximum Gasteiger partial charge on any atom is 0.419 e. The molecule has 1 aliphatic rings. The van der Waals surface area contributed by atoms with E-state index < -0.39 is 17.6 Å². The van der Waals surface area contributed by atoms with Crippen LogP contribution in [-0.4, -0.2) is 31.5 Å². The van der Waals surface area contributed by atoms with E-state index in [1.165, 1.54) is 10.6 Å². The van der Waals surface area contributed by atoms with Gasteiger partial charge in [0.2, 0.25) is 0 Å². The Hall–Kier alpha value is -4.21. The molecule has 1 amide bonds. The largest absolute Gasteiger partial charge is 0.419 e. The van der Waals surface area contributed by atoms with E-state index in [2.05, 4.69) is 4.98 Å². The van der Waals surface area contributed by atoms with Crippen LogP contribution in [0.5, 0.6) is 0 Å². The molecule has 5 rings (SSSR count). The van der Waals surface area contributed by atoms with Crippen LogP contribution in [0.4, 0.5) is 17.6 Å². The van der Waals surface area contributed by atoms with Crippen LogP contribution in [0.3, 0.4) is 0 Å². The topological polar surface area (TPSA) is 60.1 Å². The highest BCUT2D eigenvalue weighted by Gasteiger charge is 2.34. The van der Waals surface area contributed by atoms with Crippen LogP contribution in [0, 0.1) is 12.7 Å². The molecule has 0 aliphatic carbocycles. The maximum absolute atomic E-state index is 14.1. The molecule has 0 bridgehead atoms. The second-order valence-electron chi connectivity index (χ2n) is 8.60. The number of aryl methyl sites for hydroxylation is 1. The van der Waals surface area contributed by atoms with E-state index in [1.54, 1.807) is 58.4 Å². The lowest BCUT2D eigenvalue weighted by Gasteiger charge is -2.30. The molecule has 0 saturated carbocycles. The van der Waals surface area contributed by atoms with Gasteiger partial charge in [0.1, 0.15) is 17.2 Å². The average molecular weight is 496 g/mol. The van der Waals surface area contributed by atoms with Crippen molar-refractivity contribution in [2.45, 2.75) is 26.2 Å². The molecular formula is C26H20F4N4O2.